The van der Waals surface area contributed by atoms with E-state index in [1.165, 1.54) is 5.69 Å². The third kappa shape index (κ3) is 3.53. The highest BCUT2D eigenvalue weighted by atomic mass is 16.5. The van der Waals surface area contributed by atoms with Gasteiger partial charge >= 0.3 is 0 Å². The van der Waals surface area contributed by atoms with E-state index in [2.05, 4.69) is 27.3 Å². The quantitative estimate of drug-likeness (QED) is 0.881. The van der Waals surface area contributed by atoms with Gasteiger partial charge in [-0.1, -0.05) is 6.07 Å². The Morgan fingerprint density at radius 3 is 3.08 bits per heavy atom. The molecule has 1 aromatic heterocycles. The Hall–Kier alpha value is -2.50. The summed E-state index contributed by atoms with van der Waals surface area (Å²) >= 11 is 0. The molecule has 1 aromatic carbocycles. The van der Waals surface area contributed by atoms with Crippen LogP contribution in [0.15, 0.2) is 41.5 Å². The van der Waals surface area contributed by atoms with E-state index in [1.807, 2.05) is 19.1 Å². The summed E-state index contributed by atoms with van der Waals surface area (Å²) in [6, 6.07) is 8.14. The summed E-state index contributed by atoms with van der Waals surface area (Å²) in [6.07, 6.45) is 4.48. The number of methoxy groups -OCH3 is 1. The van der Waals surface area contributed by atoms with Gasteiger partial charge in [0.25, 0.3) is 5.56 Å². The third-order valence-electron chi connectivity index (χ3n) is 4.52. The monoisotopic (exact) mass is 328 g/mol. The minimum atomic E-state index is -0.0531. The zero-order chi connectivity index (χ0) is 16.9. The number of hydrogen-bond acceptors (Lipinski definition) is 5. The SMILES string of the molecule is CCn1ccnc(NCC2CCN(c3cccc(OC)c3)C2)c1=O. The number of anilines is 2. The van der Waals surface area contributed by atoms with E-state index < -0.39 is 0 Å². The number of aromatic nitrogens is 2. The molecule has 6 heteroatoms. The summed E-state index contributed by atoms with van der Waals surface area (Å²) in [5.41, 5.74) is 1.13. The fourth-order valence-electron chi connectivity index (χ4n) is 3.10. The van der Waals surface area contributed by atoms with Crippen molar-refractivity contribution in [1.29, 1.82) is 0 Å². The molecular weight excluding hydrogens is 304 g/mol. The maximum atomic E-state index is 12.2. The summed E-state index contributed by atoms with van der Waals surface area (Å²) in [5, 5.41) is 3.23. The molecule has 3 rings (SSSR count). The van der Waals surface area contributed by atoms with Crippen molar-refractivity contribution >= 4 is 11.5 Å². The number of rotatable bonds is 6. The summed E-state index contributed by atoms with van der Waals surface area (Å²) in [6.45, 7) is 5.35. The molecule has 1 atom stereocenters. The van der Waals surface area contributed by atoms with Crippen LogP contribution in [0.3, 0.4) is 0 Å². The first-order chi connectivity index (χ1) is 11.7. The van der Waals surface area contributed by atoms with E-state index in [9.17, 15) is 4.79 Å². The predicted octanol–water partition coefficient (Wildman–Crippen LogP) is 2.21. The Morgan fingerprint density at radius 2 is 2.29 bits per heavy atom. The third-order valence-corrected chi connectivity index (χ3v) is 4.52. The maximum Gasteiger partial charge on any atom is 0.293 e. The van der Waals surface area contributed by atoms with E-state index in [0.29, 0.717) is 18.3 Å². The van der Waals surface area contributed by atoms with Crippen molar-refractivity contribution in [2.75, 3.05) is 37.0 Å². The van der Waals surface area contributed by atoms with Crippen molar-refractivity contribution in [2.24, 2.45) is 5.92 Å². The average Bonchev–Trinajstić information content (AvgIpc) is 3.10. The standard InChI is InChI=1S/C18H24N4O2/c1-3-21-10-8-19-17(18(21)23)20-12-14-7-9-22(13-14)15-5-4-6-16(11-15)24-2/h4-6,8,10-11,14H,3,7,9,12-13H2,1-2H3,(H,19,20). The Morgan fingerprint density at radius 1 is 1.42 bits per heavy atom. The molecule has 0 bridgehead atoms. The summed E-state index contributed by atoms with van der Waals surface area (Å²) in [4.78, 5) is 18.7. The molecule has 1 unspecified atom stereocenters. The molecular formula is C18H24N4O2. The van der Waals surface area contributed by atoms with Crippen LogP contribution >= 0.6 is 0 Å². The lowest BCUT2D eigenvalue weighted by molar-refractivity contribution is 0.415. The van der Waals surface area contributed by atoms with Gasteiger partial charge in [0.2, 0.25) is 0 Å². The Labute approximate surface area is 142 Å². The first-order valence-electron chi connectivity index (χ1n) is 8.39. The van der Waals surface area contributed by atoms with Gasteiger partial charge in [-0.3, -0.25) is 4.79 Å². The van der Waals surface area contributed by atoms with Gasteiger partial charge in [-0.05, 0) is 31.4 Å². The van der Waals surface area contributed by atoms with Gasteiger partial charge < -0.3 is 19.5 Å². The van der Waals surface area contributed by atoms with Crippen LogP contribution in [0.25, 0.3) is 0 Å². The molecule has 24 heavy (non-hydrogen) atoms. The molecule has 0 spiro atoms. The van der Waals surface area contributed by atoms with Gasteiger partial charge in [-0.2, -0.15) is 0 Å². The number of nitrogens with one attached hydrogen (secondary N) is 1. The minimum Gasteiger partial charge on any atom is -0.497 e. The molecule has 0 saturated carbocycles. The van der Waals surface area contributed by atoms with Gasteiger partial charge in [0.05, 0.1) is 7.11 Å². The second kappa shape index (κ2) is 7.38. The second-order valence-electron chi connectivity index (χ2n) is 6.05. The highest BCUT2D eigenvalue weighted by Crippen LogP contribution is 2.26. The van der Waals surface area contributed by atoms with E-state index in [4.69, 9.17) is 4.74 Å². The number of ether oxygens (including phenoxy) is 1. The van der Waals surface area contributed by atoms with Gasteiger partial charge in [0.15, 0.2) is 5.82 Å². The number of nitrogens with zero attached hydrogens (tertiary/aromatic N) is 3. The topological polar surface area (TPSA) is 59.4 Å². The molecule has 0 radical (unpaired) electrons. The van der Waals surface area contributed by atoms with Crippen LogP contribution in [0.1, 0.15) is 13.3 Å². The van der Waals surface area contributed by atoms with Gasteiger partial charge in [-0.25, -0.2) is 4.98 Å². The van der Waals surface area contributed by atoms with Gasteiger partial charge in [0, 0.05) is 50.3 Å². The molecule has 6 nitrogen and oxygen atoms in total. The van der Waals surface area contributed by atoms with Crippen LogP contribution in [0.5, 0.6) is 5.75 Å². The molecule has 2 aromatic rings. The van der Waals surface area contributed by atoms with Crippen molar-refractivity contribution < 1.29 is 4.74 Å². The number of hydrogen-bond donors (Lipinski definition) is 1. The van der Waals surface area contributed by atoms with E-state index in [-0.39, 0.29) is 5.56 Å². The fraction of sp³-hybridized carbons (Fsp3) is 0.444. The molecule has 128 valence electrons. The van der Waals surface area contributed by atoms with Crippen molar-refractivity contribution in [2.45, 2.75) is 19.9 Å². The Bertz CT molecular complexity index is 744. The van der Waals surface area contributed by atoms with Crippen molar-refractivity contribution in [1.82, 2.24) is 9.55 Å². The maximum absolute atomic E-state index is 12.2. The van der Waals surface area contributed by atoms with E-state index >= 15 is 0 Å². The smallest absolute Gasteiger partial charge is 0.293 e. The normalized spacial score (nSPS) is 17.1. The predicted molar refractivity (Wildman–Crippen MR) is 96.0 cm³/mol. The average molecular weight is 328 g/mol. The first kappa shape index (κ1) is 16.4. The fourth-order valence-corrected chi connectivity index (χ4v) is 3.10. The lowest BCUT2D eigenvalue weighted by Crippen LogP contribution is -2.27. The van der Waals surface area contributed by atoms with Crippen molar-refractivity contribution in [3.05, 3.63) is 47.0 Å². The zero-order valence-electron chi connectivity index (χ0n) is 14.2. The molecule has 1 saturated heterocycles. The van der Waals surface area contributed by atoms with Gasteiger partial charge in [0.1, 0.15) is 5.75 Å². The molecule has 1 aliphatic heterocycles. The summed E-state index contributed by atoms with van der Waals surface area (Å²) in [7, 11) is 1.69. The Balaban J connectivity index is 1.59. The van der Waals surface area contributed by atoms with Crippen LogP contribution < -0.4 is 20.5 Å². The summed E-state index contributed by atoms with van der Waals surface area (Å²) < 4.78 is 6.96. The minimum absolute atomic E-state index is 0.0531. The van der Waals surface area contributed by atoms with Crippen LogP contribution in [-0.2, 0) is 6.54 Å². The van der Waals surface area contributed by atoms with Gasteiger partial charge in [-0.15, -0.1) is 0 Å². The highest BCUT2D eigenvalue weighted by Gasteiger charge is 2.23. The van der Waals surface area contributed by atoms with Crippen molar-refractivity contribution in [3.63, 3.8) is 0 Å². The lowest BCUT2D eigenvalue weighted by Gasteiger charge is -2.19. The molecule has 0 aliphatic carbocycles. The van der Waals surface area contributed by atoms with Crippen LogP contribution in [0.4, 0.5) is 11.5 Å². The molecule has 2 heterocycles. The van der Waals surface area contributed by atoms with Crippen LogP contribution in [0, 0.1) is 5.92 Å². The van der Waals surface area contributed by atoms with E-state index in [0.717, 1.165) is 31.8 Å². The largest absolute Gasteiger partial charge is 0.497 e. The summed E-state index contributed by atoms with van der Waals surface area (Å²) in [5.74, 6) is 1.81. The van der Waals surface area contributed by atoms with Crippen molar-refractivity contribution in [3.8, 4) is 5.75 Å². The first-order valence-corrected chi connectivity index (χ1v) is 8.39. The Kier molecular flexibility index (Phi) is 5.03. The molecule has 1 N–H and O–H groups in total. The molecule has 0 amide bonds. The second-order valence-corrected chi connectivity index (χ2v) is 6.05. The number of benzene rings is 1. The van der Waals surface area contributed by atoms with Crippen LogP contribution in [0.2, 0.25) is 0 Å². The highest BCUT2D eigenvalue weighted by molar-refractivity contribution is 5.51. The lowest BCUT2D eigenvalue weighted by atomic mass is 10.1. The van der Waals surface area contributed by atoms with E-state index in [1.54, 1.807) is 24.1 Å². The zero-order valence-corrected chi connectivity index (χ0v) is 14.2. The number of aryl methyl sites for hydroxylation is 1. The van der Waals surface area contributed by atoms with Crippen LogP contribution in [-0.4, -0.2) is 36.3 Å². The molecule has 1 aliphatic rings. The molecule has 1 fully saturated rings.